The summed E-state index contributed by atoms with van der Waals surface area (Å²) in [7, 11) is 0. The summed E-state index contributed by atoms with van der Waals surface area (Å²) in [6.07, 6.45) is 7.16. The van der Waals surface area contributed by atoms with Crippen molar-refractivity contribution in [1.29, 1.82) is 0 Å². The lowest BCUT2D eigenvalue weighted by molar-refractivity contribution is -0.153. The fourth-order valence-corrected chi connectivity index (χ4v) is 7.96. The average Bonchev–Trinajstić information content (AvgIpc) is 3.03. The van der Waals surface area contributed by atoms with E-state index in [4.69, 9.17) is 0 Å². The van der Waals surface area contributed by atoms with Gasteiger partial charge in [-0.1, -0.05) is 50.3 Å². The van der Waals surface area contributed by atoms with Gasteiger partial charge in [0.05, 0.1) is 0 Å². The van der Waals surface area contributed by atoms with Gasteiger partial charge in [-0.15, -0.1) is 0 Å². The largest absolute Gasteiger partial charge is 0.481 e. The predicted molar refractivity (Wildman–Crippen MR) is 116 cm³/mol. The van der Waals surface area contributed by atoms with Crippen LogP contribution in [0.4, 0.5) is 4.39 Å². The van der Waals surface area contributed by atoms with Gasteiger partial charge in [0.15, 0.2) is 0 Å². The second-order valence-corrected chi connectivity index (χ2v) is 10.5. The fourth-order valence-electron chi connectivity index (χ4n) is 7.96. The molecule has 4 nitrogen and oxygen atoms in total. The number of fused-ring (bicyclic) bond motifs is 5. The third kappa shape index (κ3) is 2.46. The molecular formula is C26H30FNO3. The van der Waals surface area contributed by atoms with Gasteiger partial charge in [0.1, 0.15) is 11.2 Å². The Morgan fingerprint density at radius 3 is 2.61 bits per heavy atom. The Hall–Kier alpha value is -2.43. The van der Waals surface area contributed by atoms with E-state index < -0.39 is 22.6 Å². The Morgan fingerprint density at radius 1 is 1.19 bits per heavy atom. The summed E-state index contributed by atoms with van der Waals surface area (Å²) >= 11 is 0. The highest BCUT2D eigenvalue weighted by Crippen LogP contribution is 2.70. The van der Waals surface area contributed by atoms with Crippen molar-refractivity contribution in [2.75, 3.05) is 0 Å². The van der Waals surface area contributed by atoms with Crippen molar-refractivity contribution in [1.82, 2.24) is 5.32 Å². The zero-order valence-electron chi connectivity index (χ0n) is 18.2. The normalized spacial score (nSPS) is 43.6. The van der Waals surface area contributed by atoms with Gasteiger partial charge in [0.2, 0.25) is 5.91 Å². The molecule has 0 saturated heterocycles. The van der Waals surface area contributed by atoms with E-state index in [2.05, 4.69) is 31.8 Å². The molecule has 2 N–H and O–H groups in total. The van der Waals surface area contributed by atoms with E-state index in [0.29, 0.717) is 24.3 Å². The molecule has 0 aromatic heterocycles. The first-order chi connectivity index (χ1) is 14.6. The SMILES string of the molecule is C=C1CC2NC(=O)C=C[C@]2(C)[C@@H]2CC[C@@]3(C)[C@@H](CCC3(C(=O)O)c3ccccc3F)[C@H]12. The summed E-state index contributed by atoms with van der Waals surface area (Å²) in [5.41, 5.74) is -0.540. The minimum absolute atomic E-state index is 0.0281. The lowest BCUT2D eigenvalue weighted by Gasteiger charge is -2.60. The molecule has 0 spiro atoms. The topological polar surface area (TPSA) is 66.4 Å². The number of hydrogen-bond acceptors (Lipinski definition) is 2. The Kier molecular flexibility index (Phi) is 4.32. The maximum atomic E-state index is 15.0. The Balaban J connectivity index is 1.61. The minimum atomic E-state index is -1.23. The van der Waals surface area contributed by atoms with Gasteiger partial charge in [-0.3, -0.25) is 9.59 Å². The highest BCUT2D eigenvalue weighted by Gasteiger charge is 2.68. The summed E-state index contributed by atoms with van der Waals surface area (Å²) in [5, 5.41) is 13.7. The van der Waals surface area contributed by atoms with Crippen molar-refractivity contribution >= 4 is 11.9 Å². The number of hydrogen-bond donors (Lipinski definition) is 2. The van der Waals surface area contributed by atoms with Crippen molar-refractivity contribution in [3.63, 3.8) is 0 Å². The van der Waals surface area contributed by atoms with E-state index in [0.717, 1.165) is 24.8 Å². The number of halogens is 1. The van der Waals surface area contributed by atoms with E-state index in [-0.39, 0.29) is 29.2 Å². The molecule has 4 aliphatic rings. The number of amides is 1. The molecule has 1 heterocycles. The van der Waals surface area contributed by atoms with Crippen LogP contribution in [-0.2, 0) is 15.0 Å². The molecule has 0 radical (unpaired) electrons. The Bertz CT molecular complexity index is 1020. The second kappa shape index (κ2) is 6.54. The maximum absolute atomic E-state index is 15.0. The molecule has 2 unspecified atom stereocenters. The number of carboxylic acids is 1. The van der Waals surface area contributed by atoms with Crippen molar-refractivity contribution in [2.24, 2.45) is 28.6 Å². The van der Waals surface area contributed by atoms with Crippen LogP contribution in [0.3, 0.4) is 0 Å². The average molecular weight is 424 g/mol. The number of carbonyl (C=O) groups excluding carboxylic acids is 1. The van der Waals surface area contributed by atoms with Crippen LogP contribution in [0.5, 0.6) is 0 Å². The highest BCUT2D eigenvalue weighted by atomic mass is 19.1. The van der Waals surface area contributed by atoms with Crippen LogP contribution in [0.1, 0.15) is 51.5 Å². The van der Waals surface area contributed by atoms with Crippen LogP contribution >= 0.6 is 0 Å². The predicted octanol–water partition coefficient (Wildman–Crippen LogP) is 4.61. The number of carbonyl (C=O) groups is 2. The molecular weight excluding hydrogens is 393 g/mol. The van der Waals surface area contributed by atoms with Gasteiger partial charge in [-0.25, -0.2) is 4.39 Å². The molecule has 7 atom stereocenters. The molecule has 3 fully saturated rings. The number of nitrogens with one attached hydrogen (secondary N) is 1. The third-order valence-corrected chi connectivity index (χ3v) is 9.56. The van der Waals surface area contributed by atoms with Crippen molar-refractivity contribution in [3.8, 4) is 0 Å². The summed E-state index contributed by atoms with van der Waals surface area (Å²) in [5.74, 6) is -0.817. The molecule has 3 aliphatic carbocycles. The smallest absolute Gasteiger partial charge is 0.314 e. The van der Waals surface area contributed by atoms with Gasteiger partial charge in [0.25, 0.3) is 0 Å². The zero-order valence-corrected chi connectivity index (χ0v) is 18.2. The van der Waals surface area contributed by atoms with Crippen LogP contribution in [-0.4, -0.2) is 23.0 Å². The van der Waals surface area contributed by atoms with Gasteiger partial charge < -0.3 is 10.4 Å². The first-order valence-electron chi connectivity index (χ1n) is 11.3. The van der Waals surface area contributed by atoms with Crippen LogP contribution in [0.2, 0.25) is 0 Å². The summed E-state index contributed by atoms with van der Waals surface area (Å²) in [6, 6.07) is 6.43. The Labute approximate surface area is 182 Å². The van der Waals surface area contributed by atoms with Crippen molar-refractivity contribution in [3.05, 3.63) is 60.0 Å². The monoisotopic (exact) mass is 423 g/mol. The van der Waals surface area contributed by atoms with Crippen molar-refractivity contribution in [2.45, 2.75) is 57.4 Å². The number of carboxylic acid groups (broad SMARTS) is 1. The molecule has 5 heteroatoms. The van der Waals surface area contributed by atoms with Gasteiger partial charge in [-0.2, -0.15) is 0 Å². The van der Waals surface area contributed by atoms with E-state index in [9.17, 15) is 19.1 Å². The number of benzene rings is 1. The minimum Gasteiger partial charge on any atom is -0.481 e. The summed E-state index contributed by atoms with van der Waals surface area (Å²) in [6.45, 7) is 8.71. The molecule has 5 rings (SSSR count). The van der Waals surface area contributed by atoms with E-state index in [1.54, 1.807) is 24.3 Å². The fraction of sp³-hybridized carbons (Fsp3) is 0.538. The van der Waals surface area contributed by atoms with Crippen LogP contribution in [0.25, 0.3) is 0 Å². The highest BCUT2D eigenvalue weighted by molar-refractivity contribution is 5.89. The quantitative estimate of drug-likeness (QED) is 0.683. The summed E-state index contributed by atoms with van der Waals surface area (Å²) < 4.78 is 15.0. The molecule has 31 heavy (non-hydrogen) atoms. The van der Waals surface area contributed by atoms with Crippen molar-refractivity contribution < 1.29 is 19.1 Å². The number of rotatable bonds is 2. The number of aliphatic carboxylic acids is 1. The lowest BCUT2D eigenvalue weighted by atomic mass is 9.44. The molecule has 1 amide bonds. The van der Waals surface area contributed by atoms with Gasteiger partial charge in [0, 0.05) is 17.0 Å². The summed E-state index contributed by atoms with van der Waals surface area (Å²) in [4.78, 5) is 24.8. The molecule has 1 aromatic carbocycles. The van der Waals surface area contributed by atoms with Gasteiger partial charge in [-0.05, 0) is 67.4 Å². The zero-order chi connectivity index (χ0) is 22.2. The first-order valence-corrected chi connectivity index (χ1v) is 11.3. The van der Waals surface area contributed by atoms with E-state index in [1.165, 1.54) is 6.07 Å². The second-order valence-electron chi connectivity index (χ2n) is 10.5. The van der Waals surface area contributed by atoms with Crippen LogP contribution in [0.15, 0.2) is 48.6 Å². The van der Waals surface area contributed by atoms with Gasteiger partial charge >= 0.3 is 5.97 Å². The standard InChI is InChI=1S/C26H30FNO3/c1-15-14-20-24(2,11-10-21(29)28-20)17-8-12-25(3)18(22(15)17)9-13-26(25,23(30)31)16-6-4-5-7-19(16)27/h4-7,10-11,17-18,20,22H,1,8-9,12-14H2,2-3H3,(H,28,29)(H,30,31)/t17-,18+,20?,22-,24-,25+,26?/m1/s1. The van der Waals surface area contributed by atoms with E-state index in [1.807, 2.05) is 0 Å². The van der Waals surface area contributed by atoms with Crippen LogP contribution < -0.4 is 5.32 Å². The lowest BCUT2D eigenvalue weighted by Crippen LogP contribution is -2.61. The molecule has 0 bridgehead atoms. The molecule has 164 valence electrons. The maximum Gasteiger partial charge on any atom is 0.314 e. The van der Waals surface area contributed by atoms with E-state index >= 15 is 0 Å². The molecule has 1 aromatic rings. The molecule has 3 saturated carbocycles. The Morgan fingerprint density at radius 2 is 1.90 bits per heavy atom. The third-order valence-electron chi connectivity index (χ3n) is 9.56. The first kappa shape index (κ1) is 20.5. The van der Waals surface area contributed by atoms with Crippen LogP contribution in [0, 0.1) is 34.4 Å². The molecule has 1 aliphatic heterocycles.